The number of carbonyl (C=O) groups excluding carboxylic acids is 5. The Morgan fingerprint density at radius 1 is 0.653 bits per heavy atom. The highest BCUT2D eigenvalue weighted by atomic mass is 31.2. The van der Waals surface area contributed by atoms with Crippen molar-refractivity contribution in [1.29, 1.82) is 0 Å². The molecule has 4 aliphatic rings. The lowest BCUT2D eigenvalue weighted by Gasteiger charge is -2.36. The molecule has 8 atom stereocenters. The molecule has 0 unspecified atom stereocenters. The maximum Gasteiger partial charge on any atom is 0.524 e. The van der Waals surface area contributed by atoms with Gasteiger partial charge in [-0.3, -0.25) is 23.9 Å². The van der Waals surface area contributed by atoms with Gasteiger partial charge >= 0.3 is 26.0 Å². The van der Waals surface area contributed by atoms with Crippen molar-refractivity contribution in [3.8, 4) is 5.75 Å². The second kappa shape index (κ2) is 28.2. The Hall–Kier alpha value is -8.89. The van der Waals surface area contributed by atoms with Crippen molar-refractivity contribution in [3.05, 3.63) is 148 Å². The van der Waals surface area contributed by atoms with Crippen LogP contribution in [0.3, 0.4) is 0 Å². The summed E-state index contributed by atoms with van der Waals surface area (Å²) >= 11 is 0. The van der Waals surface area contributed by atoms with Crippen molar-refractivity contribution in [2.45, 2.75) is 126 Å². The van der Waals surface area contributed by atoms with Gasteiger partial charge in [-0.1, -0.05) is 18.2 Å². The SMILES string of the molecule is COC(=O)N[C@H](C(=O)N1CCC[C@H]1c1nc2cc(F)c([C@H]3CC[C@H](c4cc5c(cc4F)nc([C@@H]4CCCN4C(=O)[C@@H](NC(=O)OC)[C@@H](C)OC)n5COC(=O)c4cccc(OP(=O)(O)O)c4)N3c3cc(F)c(N4CCC(c5ccc(F)cc5)CC4)c(F)c3)cc2[nH]1)[C@@H](C)OC. The van der Waals surface area contributed by atoms with Crippen LogP contribution in [0.25, 0.3) is 22.1 Å². The van der Waals surface area contributed by atoms with E-state index in [1.54, 1.807) is 40.7 Å². The van der Waals surface area contributed by atoms with E-state index in [0.29, 0.717) is 50.0 Å². The number of esters is 1. The molecule has 30 heteroatoms. The summed E-state index contributed by atoms with van der Waals surface area (Å²) in [5.41, 5.74) is 1.03. The fourth-order valence-corrected chi connectivity index (χ4v) is 14.0. The number of phosphoric ester groups is 1. The third kappa shape index (κ3) is 14.1. The third-order valence-electron chi connectivity index (χ3n) is 18.5. The van der Waals surface area contributed by atoms with Crippen molar-refractivity contribution in [1.82, 2.24) is 40.0 Å². The lowest BCUT2D eigenvalue weighted by atomic mass is 9.89. The minimum atomic E-state index is -5.06. The highest BCUT2D eigenvalue weighted by Gasteiger charge is 2.44. The Kier molecular flexibility index (Phi) is 20.0. The number of nitrogens with one attached hydrogen (secondary N) is 3. The van der Waals surface area contributed by atoms with Crippen molar-refractivity contribution in [2.24, 2.45) is 0 Å². The molecule has 95 heavy (non-hydrogen) atoms. The number of amides is 4. The first kappa shape index (κ1) is 67.5. The largest absolute Gasteiger partial charge is 0.524 e. The number of hydrogen-bond donors (Lipinski definition) is 5. The number of piperidine rings is 1. The van der Waals surface area contributed by atoms with Crippen LogP contribution in [0.1, 0.15) is 134 Å². The van der Waals surface area contributed by atoms with Crippen LogP contribution in [-0.4, -0.2) is 148 Å². The fraction of sp³-hybridized carbons (Fsp3) is 0.431. The number of anilines is 2. The van der Waals surface area contributed by atoms with Crippen molar-refractivity contribution in [3.63, 3.8) is 0 Å². The summed E-state index contributed by atoms with van der Waals surface area (Å²) < 4.78 is 128. The van der Waals surface area contributed by atoms with Crippen LogP contribution in [0.15, 0.2) is 84.9 Å². The van der Waals surface area contributed by atoms with Gasteiger partial charge in [-0.15, -0.1) is 0 Å². The normalized spacial score (nSPS) is 19.8. The van der Waals surface area contributed by atoms with Gasteiger partial charge in [0.2, 0.25) is 11.8 Å². The number of rotatable bonds is 20. The molecule has 5 N–H and O–H groups in total. The molecule has 4 aliphatic heterocycles. The molecular formula is C65H72F5N10O14P. The number of aromatic nitrogens is 4. The number of methoxy groups -OCH3 is 4. The van der Waals surface area contributed by atoms with Crippen LogP contribution in [0.5, 0.6) is 5.75 Å². The first-order valence-corrected chi connectivity index (χ1v) is 32.5. The van der Waals surface area contributed by atoms with Crippen LogP contribution >= 0.6 is 7.82 Å². The summed E-state index contributed by atoms with van der Waals surface area (Å²) in [4.78, 5) is 106. The number of alkyl carbamates (subject to hydrolysis) is 2. The monoisotopic (exact) mass is 1340 g/mol. The molecule has 0 radical (unpaired) electrons. The van der Waals surface area contributed by atoms with E-state index in [1.807, 2.05) is 0 Å². The molecule has 4 amide bonds. The predicted molar refractivity (Wildman–Crippen MR) is 333 cm³/mol. The molecule has 5 aromatic carbocycles. The van der Waals surface area contributed by atoms with Gasteiger partial charge in [0, 0.05) is 69.3 Å². The van der Waals surface area contributed by atoms with E-state index in [4.69, 9.17) is 38.2 Å². The van der Waals surface area contributed by atoms with Crippen LogP contribution < -0.4 is 25.0 Å². The van der Waals surface area contributed by atoms with Crippen molar-refractivity contribution >= 4 is 71.2 Å². The predicted octanol–water partition coefficient (Wildman–Crippen LogP) is 10.2. The highest BCUT2D eigenvalue weighted by Crippen LogP contribution is 2.51. The molecule has 0 bridgehead atoms. The molecular weight excluding hydrogens is 1270 g/mol. The van der Waals surface area contributed by atoms with E-state index in [1.165, 1.54) is 79.3 Å². The van der Waals surface area contributed by atoms with Gasteiger partial charge in [0.15, 0.2) is 18.4 Å². The summed E-state index contributed by atoms with van der Waals surface area (Å²) in [5.74, 6) is -5.86. The van der Waals surface area contributed by atoms with Gasteiger partial charge in [0.25, 0.3) is 0 Å². The minimum absolute atomic E-state index is 0.00206. The van der Waals surface area contributed by atoms with E-state index in [2.05, 4.69) is 15.6 Å². The molecule has 506 valence electrons. The zero-order valence-corrected chi connectivity index (χ0v) is 53.6. The van der Waals surface area contributed by atoms with Crippen LogP contribution in [0, 0.1) is 29.1 Å². The number of halogens is 5. The molecule has 11 rings (SSSR count). The quantitative estimate of drug-likeness (QED) is 0.0205. The lowest BCUT2D eigenvalue weighted by molar-refractivity contribution is -0.138. The number of ether oxygens (including phenoxy) is 5. The van der Waals surface area contributed by atoms with Crippen molar-refractivity contribution < 1.29 is 88.5 Å². The fourth-order valence-electron chi connectivity index (χ4n) is 13.7. The number of likely N-dealkylation sites (tertiary alicyclic amines) is 2. The maximum absolute atomic E-state index is 17.7. The Balaban J connectivity index is 0.998. The van der Waals surface area contributed by atoms with Gasteiger partial charge < -0.3 is 63.4 Å². The second-order valence-corrected chi connectivity index (χ2v) is 25.2. The smallest absolute Gasteiger partial charge is 0.453 e. The van der Waals surface area contributed by atoms with Gasteiger partial charge in [0.1, 0.15) is 52.6 Å². The topological polar surface area (TPSA) is 282 Å². The average molecular weight is 1340 g/mol. The zero-order chi connectivity index (χ0) is 67.7. The summed E-state index contributed by atoms with van der Waals surface area (Å²) in [6.07, 6.45) is -0.540. The first-order valence-electron chi connectivity index (χ1n) is 31.0. The van der Waals surface area contributed by atoms with Crippen molar-refractivity contribution in [2.75, 3.05) is 64.4 Å². The molecule has 24 nitrogen and oxygen atoms in total. The molecule has 0 spiro atoms. The number of phosphoric acid groups is 1. The number of fused-ring (bicyclic) bond motifs is 2. The number of H-pyrrole nitrogens is 1. The van der Waals surface area contributed by atoms with Crippen LogP contribution in [0.4, 0.5) is 42.9 Å². The molecule has 6 heterocycles. The molecule has 4 fully saturated rings. The van der Waals surface area contributed by atoms with E-state index in [0.717, 1.165) is 36.9 Å². The summed E-state index contributed by atoms with van der Waals surface area (Å²) in [6, 6.07) is 12.5. The van der Waals surface area contributed by atoms with E-state index < -0.39 is 116 Å². The van der Waals surface area contributed by atoms with E-state index in [-0.39, 0.29) is 107 Å². The number of imidazole rings is 2. The summed E-state index contributed by atoms with van der Waals surface area (Å²) in [7, 11) is -0.0107. The van der Waals surface area contributed by atoms with Gasteiger partial charge in [-0.2, -0.15) is 0 Å². The second-order valence-electron chi connectivity index (χ2n) is 24.0. The Labute approximate surface area is 542 Å². The van der Waals surface area contributed by atoms with Crippen LogP contribution in [0.2, 0.25) is 0 Å². The lowest BCUT2D eigenvalue weighted by Crippen LogP contribution is -2.54. The number of nitrogens with zero attached hydrogens (tertiary/aromatic N) is 7. The Morgan fingerprint density at radius 3 is 1.80 bits per heavy atom. The van der Waals surface area contributed by atoms with E-state index in [9.17, 15) is 42.7 Å². The molecule has 0 aliphatic carbocycles. The summed E-state index contributed by atoms with van der Waals surface area (Å²) in [6.45, 7) is 3.49. The highest BCUT2D eigenvalue weighted by molar-refractivity contribution is 7.46. The molecule has 4 saturated heterocycles. The zero-order valence-electron chi connectivity index (χ0n) is 52.7. The van der Waals surface area contributed by atoms with Gasteiger partial charge in [-0.05, 0) is 131 Å². The minimum Gasteiger partial charge on any atom is -0.453 e. The Morgan fingerprint density at radius 2 is 1.22 bits per heavy atom. The van der Waals surface area contributed by atoms with Crippen LogP contribution in [-0.2, 0) is 44.6 Å². The third-order valence-corrected chi connectivity index (χ3v) is 19.0. The standard InChI is InChI=1S/C65H72F5N10O14P/c1-34(89-3)56(74-64(84)91-5)61(81)77-22-8-12-53(77)59-71-48-29-42(44(67)31-49(48)72-59)51-18-19-52(80(51)40-27-46(69)58(47(70)28-40)76-24-20-37(21-25-76)36-14-16-39(66)17-15-36)43-30-55-50(32-45(43)68)73-60(54-13-9-23-78(54)62(82)57(35(2)90-4)75-65(85)92-6)79(55)33-93-63(83)38-10-7-11-41(26-38)94-95(86,87)88/h7,10-11,14-17,26-32,34-35,37,51-54,56-57H,8-9,12-13,18-25,33H2,1-6H3,(H,71,72)(H,74,84)(H,75,85)(H2,86,87,88)/t34-,35-,51-,52-,53+,54+,56+,57+/m1/s1. The summed E-state index contributed by atoms with van der Waals surface area (Å²) in [5, 5.41) is 5.09. The number of benzene rings is 5. The van der Waals surface area contributed by atoms with E-state index >= 15 is 17.6 Å². The molecule has 2 aromatic heterocycles. The average Bonchev–Trinajstić information content (AvgIpc) is 1.62. The Bertz CT molecular complexity index is 4070. The van der Waals surface area contributed by atoms with Gasteiger partial charge in [-0.25, -0.2) is 50.9 Å². The first-order chi connectivity index (χ1) is 45.5. The molecule has 0 saturated carbocycles. The number of carbonyl (C=O) groups is 5. The molecule has 7 aromatic rings. The van der Waals surface area contributed by atoms with Gasteiger partial charge in [0.05, 0.1) is 78.2 Å². The number of hydrogen-bond acceptors (Lipinski definition) is 16. The number of aromatic amines is 1. The maximum atomic E-state index is 17.7.